The van der Waals surface area contributed by atoms with E-state index in [4.69, 9.17) is 5.26 Å². The predicted octanol–water partition coefficient (Wildman–Crippen LogP) is 2.87. The molecule has 0 aliphatic rings. The van der Waals surface area contributed by atoms with Gasteiger partial charge in [-0.15, -0.1) is 0 Å². The fourth-order valence-corrected chi connectivity index (χ4v) is 1.82. The standard InChI is InChI=1S/C14H20N2O/c1-4-14(17)12-7-5-6-8-13(12)16(3)11(2)9-10-15/h5-8,11,14,17H,4,9H2,1-3H3/t11?,14-/m1/s1. The van der Waals surface area contributed by atoms with Crippen LogP contribution in [0.4, 0.5) is 5.69 Å². The zero-order valence-corrected chi connectivity index (χ0v) is 10.7. The largest absolute Gasteiger partial charge is 0.388 e. The number of rotatable bonds is 5. The Labute approximate surface area is 103 Å². The lowest BCUT2D eigenvalue weighted by Gasteiger charge is -2.28. The number of nitriles is 1. The van der Waals surface area contributed by atoms with Gasteiger partial charge in [0.2, 0.25) is 0 Å². The summed E-state index contributed by atoms with van der Waals surface area (Å²) in [5, 5.41) is 18.7. The summed E-state index contributed by atoms with van der Waals surface area (Å²) in [5.41, 5.74) is 1.94. The topological polar surface area (TPSA) is 47.3 Å². The zero-order chi connectivity index (χ0) is 12.8. The van der Waals surface area contributed by atoms with E-state index >= 15 is 0 Å². The van der Waals surface area contributed by atoms with Gasteiger partial charge in [-0.2, -0.15) is 5.26 Å². The van der Waals surface area contributed by atoms with E-state index in [1.165, 1.54) is 0 Å². The maximum atomic E-state index is 9.98. The number of para-hydroxylation sites is 1. The van der Waals surface area contributed by atoms with Gasteiger partial charge < -0.3 is 10.0 Å². The average Bonchev–Trinajstić information content (AvgIpc) is 2.37. The minimum Gasteiger partial charge on any atom is -0.388 e. The van der Waals surface area contributed by atoms with E-state index in [0.29, 0.717) is 12.8 Å². The van der Waals surface area contributed by atoms with Crippen LogP contribution in [0, 0.1) is 11.3 Å². The monoisotopic (exact) mass is 232 g/mol. The number of hydrogen-bond donors (Lipinski definition) is 1. The minimum atomic E-state index is -0.442. The van der Waals surface area contributed by atoms with Crippen LogP contribution in [-0.4, -0.2) is 18.2 Å². The van der Waals surface area contributed by atoms with Crippen LogP contribution in [-0.2, 0) is 0 Å². The van der Waals surface area contributed by atoms with Crippen molar-refractivity contribution >= 4 is 5.69 Å². The Morgan fingerprint density at radius 3 is 2.65 bits per heavy atom. The van der Waals surface area contributed by atoms with E-state index in [0.717, 1.165) is 11.3 Å². The molecule has 1 rings (SSSR count). The van der Waals surface area contributed by atoms with Crippen molar-refractivity contribution in [1.82, 2.24) is 0 Å². The van der Waals surface area contributed by atoms with Crippen LogP contribution in [0.3, 0.4) is 0 Å². The smallest absolute Gasteiger partial charge is 0.0807 e. The molecule has 0 aromatic heterocycles. The highest BCUT2D eigenvalue weighted by Crippen LogP contribution is 2.28. The summed E-state index contributed by atoms with van der Waals surface area (Å²) in [6.45, 7) is 3.97. The maximum Gasteiger partial charge on any atom is 0.0807 e. The SMILES string of the molecule is CC[C@@H](O)c1ccccc1N(C)C(C)CC#N. The third kappa shape index (κ3) is 3.21. The van der Waals surface area contributed by atoms with E-state index in [1.807, 2.05) is 45.2 Å². The lowest BCUT2D eigenvalue weighted by molar-refractivity contribution is 0.174. The molecular formula is C14H20N2O. The molecule has 0 heterocycles. The first-order valence-electron chi connectivity index (χ1n) is 5.98. The Morgan fingerprint density at radius 1 is 1.41 bits per heavy atom. The number of aliphatic hydroxyl groups is 1. The molecule has 17 heavy (non-hydrogen) atoms. The van der Waals surface area contributed by atoms with Crippen LogP contribution in [0.2, 0.25) is 0 Å². The van der Waals surface area contributed by atoms with Gasteiger partial charge in [0.1, 0.15) is 0 Å². The minimum absolute atomic E-state index is 0.144. The number of anilines is 1. The second-order valence-corrected chi connectivity index (χ2v) is 4.31. The number of nitrogens with zero attached hydrogens (tertiary/aromatic N) is 2. The fraction of sp³-hybridized carbons (Fsp3) is 0.500. The van der Waals surface area contributed by atoms with Crippen molar-refractivity contribution in [2.24, 2.45) is 0 Å². The zero-order valence-electron chi connectivity index (χ0n) is 10.7. The molecular weight excluding hydrogens is 212 g/mol. The molecule has 1 aromatic carbocycles. The molecule has 0 fully saturated rings. The van der Waals surface area contributed by atoms with Crippen molar-refractivity contribution in [3.05, 3.63) is 29.8 Å². The summed E-state index contributed by atoms with van der Waals surface area (Å²) >= 11 is 0. The van der Waals surface area contributed by atoms with Gasteiger partial charge in [-0.25, -0.2) is 0 Å². The summed E-state index contributed by atoms with van der Waals surface area (Å²) in [7, 11) is 1.96. The molecule has 0 radical (unpaired) electrons. The van der Waals surface area contributed by atoms with Crippen molar-refractivity contribution in [1.29, 1.82) is 5.26 Å². The predicted molar refractivity (Wildman–Crippen MR) is 69.8 cm³/mol. The molecule has 92 valence electrons. The van der Waals surface area contributed by atoms with Gasteiger partial charge in [0.05, 0.1) is 18.6 Å². The van der Waals surface area contributed by atoms with Gasteiger partial charge in [0.15, 0.2) is 0 Å². The van der Waals surface area contributed by atoms with Crippen molar-refractivity contribution in [3.63, 3.8) is 0 Å². The molecule has 3 heteroatoms. The Balaban J connectivity index is 3.01. The van der Waals surface area contributed by atoms with Gasteiger partial charge in [-0.3, -0.25) is 0 Å². The summed E-state index contributed by atoms with van der Waals surface area (Å²) in [6.07, 6.45) is 0.729. The molecule has 0 aliphatic heterocycles. The third-order valence-electron chi connectivity index (χ3n) is 3.11. The normalized spacial score (nSPS) is 13.8. The van der Waals surface area contributed by atoms with E-state index in [1.54, 1.807) is 0 Å². The van der Waals surface area contributed by atoms with Gasteiger partial charge in [0.25, 0.3) is 0 Å². The van der Waals surface area contributed by atoms with Crippen LogP contribution in [0.1, 0.15) is 38.4 Å². The average molecular weight is 232 g/mol. The van der Waals surface area contributed by atoms with E-state index < -0.39 is 6.10 Å². The highest BCUT2D eigenvalue weighted by molar-refractivity contribution is 5.54. The first kappa shape index (κ1) is 13.5. The number of aliphatic hydroxyl groups excluding tert-OH is 1. The molecule has 1 aromatic rings. The summed E-state index contributed by atoms with van der Waals surface area (Å²) in [4.78, 5) is 2.05. The summed E-state index contributed by atoms with van der Waals surface area (Å²) < 4.78 is 0. The summed E-state index contributed by atoms with van der Waals surface area (Å²) in [5.74, 6) is 0. The Morgan fingerprint density at radius 2 is 2.06 bits per heavy atom. The van der Waals surface area contributed by atoms with Crippen LogP contribution in [0.25, 0.3) is 0 Å². The maximum absolute atomic E-state index is 9.98. The van der Waals surface area contributed by atoms with E-state index in [-0.39, 0.29) is 6.04 Å². The highest BCUT2D eigenvalue weighted by atomic mass is 16.3. The molecule has 1 N–H and O–H groups in total. The molecule has 0 saturated carbocycles. The molecule has 2 atom stereocenters. The Kier molecular flexibility index (Phi) is 4.99. The Bertz CT molecular complexity index is 397. The van der Waals surface area contributed by atoms with Crippen LogP contribution in [0.5, 0.6) is 0 Å². The van der Waals surface area contributed by atoms with E-state index in [9.17, 15) is 5.11 Å². The third-order valence-corrected chi connectivity index (χ3v) is 3.11. The molecule has 0 bridgehead atoms. The molecule has 0 spiro atoms. The Hall–Kier alpha value is -1.53. The van der Waals surface area contributed by atoms with Gasteiger partial charge >= 0.3 is 0 Å². The first-order valence-corrected chi connectivity index (χ1v) is 5.98. The van der Waals surface area contributed by atoms with Crippen LogP contribution < -0.4 is 4.90 Å². The van der Waals surface area contributed by atoms with Gasteiger partial charge in [-0.1, -0.05) is 25.1 Å². The van der Waals surface area contributed by atoms with Crippen LogP contribution >= 0.6 is 0 Å². The van der Waals surface area contributed by atoms with Crippen molar-refractivity contribution in [3.8, 4) is 6.07 Å². The van der Waals surface area contributed by atoms with Crippen molar-refractivity contribution in [2.75, 3.05) is 11.9 Å². The van der Waals surface area contributed by atoms with Gasteiger partial charge in [-0.05, 0) is 19.4 Å². The summed E-state index contributed by atoms with van der Waals surface area (Å²) in [6, 6.07) is 10.1. The fourth-order valence-electron chi connectivity index (χ4n) is 1.82. The van der Waals surface area contributed by atoms with Gasteiger partial charge in [0, 0.05) is 24.3 Å². The first-order chi connectivity index (χ1) is 8.11. The van der Waals surface area contributed by atoms with Crippen LogP contribution in [0.15, 0.2) is 24.3 Å². The number of hydrogen-bond acceptors (Lipinski definition) is 3. The lowest BCUT2D eigenvalue weighted by atomic mass is 10.0. The molecule has 3 nitrogen and oxygen atoms in total. The lowest BCUT2D eigenvalue weighted by Crippen LogP contribution is -2.29. The van der Waals surface area contributed by atoms with Crippen molar-refractivity contribution in [2.45, 2.75) is 38.8 Å². The quantitative estimate of drug-likeness (QED) is 0.849. The number of benzene rings is 1. The second kappa shape index (κ2) is 6.27. The van der Waals surface area contributed by atoms with Crippen molar-refractivity contribution < 1.29 is 5.11 Å². The second-order valence-electron chi connectivity index (χ2n) is 4.31. The highest BCUT2D eigenvalue weighted by Gasteiger charge is 2.16. The molecule has 0 amide bonds. The molecule has 0 aliphatic carbocycles. The molecule has 0 saturated heterocycles. The molecule has 1 unspecified atom stereocenters. The van der Waals surface area contributed by atoms with E-state index in [2.05, 4.69) is 11.0 Å².